The summed E-state index contributed by atoms with van der Waals surface area (Å²) in [6.45, 7) is 5.48. The van der Waals surface area contributed by atoms with Crippen LogP contribution >= 0.6 is 0 Å². The topological polar surface area (TPSA) is 67.9 Å². The van der Waals surface area contributed by atoms with Gasteiger partial charge in [0.25, 0.3) is 0 Å². The summed E-state index contributed by atoms with van der Waals surface area (Å²) in [5.41, 5.74) is -0.510. The van der Waals surface area contributed by atoms with Crippen LogP contribution < -0.4 is 5.32 Å². The van der Waals surface area contributed by atoms with Gasteiger partial charge in [0.1, 0.15) is 5.60 Å². The summed E-state index contributed by atoms with van der Waals surface area (Å²) in [5, 5.41) is 4.10. The molecule has 2 amide bonds. The summed E-state index contributed by atoms with van der Waals surface area (Å²) in [5.74, 6) is -0.142. The van der Waals surface area contributed by atoms with E-state index in [2.05, 4.69) is 5.32 Å². The number of amides is 2. The molecular formula is C14H26N2O4. The predicted molar refractivity (Wildman–Crippen MR) is 74.9 cm³/mol. The van der Waals surface area contributed by atoms with Crippen LogP contribution in [0.5, 0.6) is 0 Å². The number of nitrogens with one attached hydrogen (secondary N) is 1. The van der Waals surface area contributed by atoms with Gasteiger partial charge in [-0.05, 0) is 40.0 Å². The molecule has 20 heavy (non-hydrogen) atoms. The summed E-state index contributed by atoms with van der Waals surface area (Å²) in [6, 6.07) is -0.0159. The molecule has 0 bridgehead atoms. The molecular weight excluding hydrogens is 260 g/mol. The van der Waals surface area contributed by atoms with Gasteiger partial charge in [0, 0.05) is 19.0 Å². The first-order chi connectivity index (χ1) is 9.23. The Morgan fingerprint density at radius 1 is 1.25 bits per heavy atom. The first kappa shape index (κ1) is 16.8. The Kier molecular flexibility index (Phi) is 5.80. The number of rotatable bonds is 3. The van der Waals surface area contributed by atoms with E-state index in [9.17, 15) is 9.59 Å². The van der Waals surface area contributed by atoms with Crippen LogP contribution in [0.3, 0.4) is 0 Å². The zero-order valence-corrected chi connectivity index (χ0v) is 13.1. The lowest BCUT2D eigenvalue weighted by molar-refractivity contribution is -0.174. The normalized spacial score (nSPS) is 23.1. The molecule has 1 aliphatic rings. The molecule has 0 spiro atoms. The third-order valence-electron chi connectivity index (χ3n) is 3.33. The molecule has 0 aliphatic heterocycles. The molecule has 1 rings (SSSR count). The number of nitrogens with zero attached hydrogens (tertiary/aromatic N) is 1. The molecule has 0 heterocycles. The standard InChI is InChI=1S/C14H26N2O4/c1-14(2,3)20-13(18)15-11-8-6-7-10(9-11)12(17)16(4)19-5/h10-11H,6-9H2,1-5H3,(H,15,18)/t10-,11-/m0/s1. The van der Waals surface area contributed by atoms with E-state index in [1.54, 1.807) is 7.05 Å². The Hall–Kier alpha value is -1.30. The quantitative estimate of drug-likeness (QED) is 0.807. The molecule has 1 saturated carbocycles. The molecule has 1 fully saturated rings. The predicted octanol–water partition coefficient (Wildman–Crippen LogP) is 2.09. The molecule has 0 aromatic carbocycles. The third kappa shape index (κ3) is 5.36. The van der Waals surface area contributed by atoms with Gasteiger partial charge >= 0.3 is 6.09 Å². The Labute approximate surface area is 120 Å². The van der Waals surface area contributed by atoms with Crippen LogP contribution in [0.25, 0.3) is 0 Å². The molecule has 0 aromatic heterocycles. The number of alkyl carbamates (subject to hydrolysis) is 1. The lowest BCUT2D eigenvalue weighted by atomic mass is 9.85. The fourth-order valence-corrected chi connectivity index (χ4v) is 2.37. The third-order valence-corrected chi connectivity index (χ3v) is 3.33. The van der Waals surface area contributed by atoms with E-state index in [0.29, 0.717) is 6.42 Å². The van der Waals surface area contributed by atoms with E-state index >= 15 is 0 Å². The fraction of sp³-hybridized carbons (Fsp3) is 0.857. The van der Waals surface area contributed by atoms with Crippen molar-refractivity contribution in [1.29, 1.82) is 0 Å². The maximum atomic E-state index is 12.0. The van der Waals surface area contributed by atoms with Crippen LogP contribution in [0.1, 0.15) is 46.5 Å². The molecule has 0 saturated heterocycles. The van der Waals surface area contributed by atoms with Crippen LogP contribution in [0.2, 0.25) is 0 Å². The van der Waals surface area contributed by atoms with Gasteiger partial charge in [0.05, 0.1) is 7.11 Å². The molecule has 6 nitrogen and oxygen atoms in total. The van der Waals surface area contributed by atoms with Crippen molar-refractivity contribution in [2.24, 2.45) is 5.92 Å². The first-order valence-corrected chi connectivity index (χ1v) is 7.04. The number of carbonyl (C=O) groups is 2. The van der Waals surface area contributed by atoms with E-state index in [0.717, 1.165) is 19.3 Å². The van der Waals surface area contributed by atoms with Gasteiger partial charge in [0.2, 0.25) is 5.91 Å². The van der Waals surface area contributed by atoms with Crippen molar-refractivity contribution >= 4 is 12.0 Å². The molecule has 2 atom stereocenters. The van der Waals surface area contributed by atoms with Gasteiger partial charge in [0.15, 0.2) is 0 Å². The van der Waals surface area contributed by atoms with Gasteiger partial charge < -0.3 is 10.1 Å². The molecule has 0 aromatic rings. The molecule has 1 N–H and O–H groups in total. The van der Waals surface area contributed by atoms with Gasteiger partial charge in [-0.2, -0.15) is 0 Å². The van der Waals surface area contributed by atoms with Crippen molar-refractivity contribution in [2.75, 3.05) is 14.2 Å². The lowest BCUT2D eigenvalue weighted by Gasteiger charge is -2.31. The number of hydroxylamine groups is 2. The maximum Gasteiger partial charge on any atom is 0.407 e. The summed E-state index contributed by atoms with van der Waals surface area (Å²) < 4.78 is 5.23. The molecule has 116 valence electrons. The minimum absolute atomic E-state index is 0.0159. The number of hydrogen-bond acceptors (Lipinski definition) is 4. The fourth-order valence-electron chi connectivity index (χ4n) is 2.37. The van der Waals surface area contributed by atoms with Crippen molar-refractivity contribution in [3.05, 3.63) is 0 Å². The van der Waals surface area contributed by atoms with Crippen molar-refractivity contribution in [3.63, 3.8) is 0 Å². The van der Waals surface area contributed by atoms with Crippen molar-refractivity contribution < 1.29 is 19.2 Å². The van der Waals surface area contributed by atoms with Crippen molar-refractivity contribution in [3.8, 4) is 0 Å². The summed E-state index contributed by atoms with van der Waals surface area (Å²) in [6.07, 6.45) is 2.83. The zero-order chi connectivity index (χ0) is 15.3. The second-order valence-corrected chi connectivity index (χ2v) is 6.22. The highest BCUT2D eigenvalue weighted by molar-refractivity contribution is 5.78. The SMILES string of the molecule is CON(C)C(=O)[C@H]1CCC[C@H](NC(=O)OC(C)(C)C)C1. The van der Waals surface area contributed by atoms with E-state index in [1.807, 2.05) is 20.8 Å². The van der Waals surface area contributed by atoms with Gasteiger partial charge in [-0.15, -0.1) is 0 Å². The van der Waals surface area contributed by atoms with Crippen LogP contribution in [0.15, 0.2) is 0 Å². The zero-order valence-electron chi connectivity index (χ0n) is 13.1. The van der Waals surface area contributed by atoms with Crippen LogP contribution in [0, 0.1) is 5.92 Å². The maximum absolute atomic E-state index is 12.0. The molecule has 1 aliphatic carbocycles. The molecule has 0 radical (unpaired) electrons. The Morgan fingerprint density at radius 2 is 1.90 bits per heavy atom. The van der Waals surface area contributed by atoms with Crippen molar-refractivity contribution in [1.82, 2.24) is 10.4 Å². The van der Waals surface area contributed by atoms with E-state index in [-0.39, 0.29) is 17.9 Å². The average molecular weight is 286 g/mol. The van der Waals surface area contributed by atoms with Crippen molar-refractivity contribution in [2.45, 2.75) is 58.1 Å². The largest absolute Gasteiger partial charge is 0.444 e. The highest BCUT2D eigenvalue weighted by Crippen LogP contribution is 2.26. The highest BCUT2D eigenvalue weighted by atomic mass is 16.7. The Balaban J connectivity index is 2.49. The van der Waals surface area contributed by atoms with Crippen LogP contribution in [-0.2, 0) is 14.4 Å². The summed E-state index contributed by atoms with van der Waals surface area (Å²) >= 11 is 0. The average Bonchev–Trinajstić information content (AvgIpc) is 2.34. The van der Waals surface area contributed by atoms with E-state index in [1.165, 1.54) is 12.2 Å². The van der Waals surface area contributed by atoms with Crippen LogP contribution in [0.4, 0.5) is 4.79 Å². The number of hydrogen-bond donors (Lipinski definition) is 1. The molecule has 6 heteroatoms. The van der Waals surface area contributed by atoms with Gasteiger partial charge in [-0.3, -0.25) is 9.63 Å². The van der Waals surface area contributed by atoms with E-state index < -0.39 is 11.7 Å². The lowest BCUT2D eigenvalue weighted by Crippen LogP contribution is -2.44. The smallest absolute Gasteiger partial charge is 0.407 e. The number of ether oxygens (including phenoxy) is 1. The highest BCUT2D eigenvalue weighted by Gasteiger charge is 2.31. The number of carbonyl (C=O) groups excluding carboxylic acids is 2. The second kappa shape index (κ2) is 6.92. The monoisotopic (exact) mass is 286 g/mol. The minimum Gasteiger partial charge on any atom is -0.444 e. The minimum atomic E-state index is -0.510. The summed E-state index contributed by atoms with van der Waals surface area (Å²) in [4.78, 5) is 28.7. The Bertz CT molecular complexity index is 352. The van der Waals surface area contributed by atoms with Crippen LogP contribution in [-0.4, -0.2) is 42.9 Å². The Morgan fingerprint density at radius 3 is 2.45 bits per heavy atom. The molecule has 0 unspecified atom stereocenters. The van der Waals surface area contributed by atoms with Gasteiger partial charge in [-0.25, -0.2) is 9.86 Å². The van der Waals surface area contributed by atoms with E-state index in [4.69, 9.17) is 9.57 Å². The first-order valence-electron chi connectivity index (χ1n) is 7.04. The second-order valence-electron chi connectivity index (χ2n) is 6.22. The summed E-state index contributed by atoms with van der Waals surface area (Å²) in [7, 11) is 3.07. The van der Waals surface area contributed by atoms with Gasteiger partial charge in [-0.1, -0.05) is 6.42 Å².